The van der Waals surface area contributed by atoms with Crippen molar-refractivity contribution in [3.8, 4) is 0 Å². The van der Waals surface area contributed by atoms with Gasteiger partial charge >= 0.3 is 0 Å². The highest BCUT2D eigenvalue weighted by Crippen LogP contribution is 2.18. The van der Waals surface area contributed by atoms with E-state index in [0.29, 0.717) is 0 Å². The van der Waals surface area contributed by atoms with Crippen LogP contribution in [0.1, 0.15) is 0 Å². The number of nitrogens with one attached hydrogen (secondary N) is 1. The zero-order valence-corrected chi connectivity index (χ0v) is 10.5. The Morgan fingerprint density at radius 1 is 0.632 bits per heavy atom. The van der Waals surface area contributed by atoms with Crippen molar-refractivity contribution in [3.05, 3.63) is 79.1 Å². The molecule has 1 N–H and O–H groups in total. The van der Waals surface area contributed by atoms with Gasteiger partial charge in [0.1, 0.15) is 0 Å². The number of nitrogens with zero attached hydrogens (tertiary/aromatic N) is 1. The second-order valence-corrected chi connectivity index (χ2v) is 4.26. The molecule has 0 saturated heterocycles. The highest BCUT2D eigenvalue weighted by molar-refractivity contribution is 5.92. The van der Waals surface area contributed by atoms with Crippen LogP contribution in [0.25, 0.3) is 21.8 Å². The van der Waals surface area contributed by atoms with Gasteiger partial charge in [-0.25, -0.2) is 4.98 Å². The fourth-order valence-corrected chi connectivity index (χ4v) is 2.00. The third kappa shape index (κ3) is 2.63. The number of pyridine rings is 1. The van der Waals surface area contributed by atoms with Crippen LogP contribution in [0.4, 0.5) is 0 Å². The van der Waals surface area contributed by atoms with Gasteiger partial charge in [-0.3, -0.25) is 0 Å². The minimum atomic E-state index is 1.06. The Labute approximate surface area is 111 Å². The number of rotatable bonds is 0. The van der Waals surface area contributed by atoms with Crippen LogP contribution in [0.2, 0.25) is 0 Å². The summed E-state index contributed by atoms with van der Waals surface area (Å²) in [6.07, 6.45) is 3.75. The number of benzene rings is 2. The molecule has 0 saturated carbocycles. The van der Waals surface area contributed by atoms with Crippen molar-refractivity contribution in [1.29, 1.82) is 0 Å². The molecule has 2 nitrogen and oxygen atoms in total. The summed E-state index contributed by atoms with van der Waals surface area (Å²) in [5.74, 6) is 0. The van der Waals surface area contributed by atoms with Crippen LogP contribution in [0.5, 0.6) is 0 Å². The summed E-state index contributed by atoms with van der Waals surface area (Å²) in [7, 11) is 0. The van der Waals surface area contributed by atoms with Gasteiger partial charge in [-0.15, -0.1) is 0 Å². The van der Waals surface area contributed by atoms with E-state index in [0.717, 1.165) is 11.0 Å². The number of aromatic nitrogens is 2. The van der Waals surface area contributed by atoms with E-state index < -0.39 is 0 Å². The maximum absolute atomic E-state index is 4.58. The first-order valence-electron chi connectivity index (χ1n) is 6.26. The lowest BCUT2D eigenvalue weighted by Gasteiger charge is -1.99. The lowest BCUT2D eigenvalue weighted by atomic mass is 10.1. The molecule has 2 heteroatoms. The predicted molar refractivity (Wildman–Crippen MR) is 80.0 cm³/mol. The summed E-state index contributed by atoms with van der Waals surface area (Å²) in [4.78, 5) is 7.44. The van der Waals surface area contributed by atoms with E-state index >= 15 is 0 Å². The van der Waals surface area contributed by atoms with Crippen molar-refractivity contribution in [2.75, 3.05) is 0 Å². The molecule has 2 aromatic heterocycles. The minimum Gasteiger partial charge on any atom is -0.368 e. The zero-order valence-electron chi connectivity index (χ0n) is 10.5. The highest BCUT2D eigenvalue weighted by atomic mass is 14.7. The monoisotopic (exact) mass is 246 g/mol. The average Bonchev–Trinajstić information content (AvgIpc) is 3.04. The Morgan fingerprint density at radius 3 is 1.63 bits per heavy atom. The van der Waals surface area contributed by atoms with E-state index in [1.807, 2.05) is 60.9 Å². The molecule has 0 aliphatic heterocycles. The van der Waals surface area contributed by atoms with E-state index in [1.54, 1.807) is 0 Å². The summed E-state index contributed by atoms with van der Waals surface area (Å²) in [6.45, 7) is 0. The third-order valence-corrected chi connectivity index (χ3v) is 2.92. The second kappa shape index (κ2) is 5.36. The third-order valence-electron chi connectivity index (χ3n) is 2.92. The minimum absolute atomic E-state index is 1.06. The van der Waals surface area contributed by atoms with E-state index in [4.69, 9.17) is 0 Å². The van der Waals surface area contributed by atoms with Crippen molar-refractivity contribution in [2.24, 2.45) is 0 Å². The van der Waals surface area contributed by atoms with Gasteiger partial charge in [-0.05, 0) is 30.3 Å². The second-order valence-electron chi connectivity index (χ2n) is 4.26. The first kappa shape index (κ1) is 11.5. The Balaban J connectivity index is 0.000000187. The molecule has 0 spiro atoms. The Hall–Kier alpha value is -2.61. The molecule has 4 rings (SSSR count). The molecule has 0 aliphatic rings. The summed E-state index contributed by atoms with van der Waals surface area (Å²) < 4.78 is 0. The standard InChI is InChI=1S/C13H9N.C4H5N/c1-3-7-12-10(5-1)9-11-6-2-4-8-13(11)14-12;1-2-4-5-3-1/h1-9H;1-5H. The molecule has 0 aliphatic carbocycles. The number of hydrogen-bond donors (Lipinski definition) is 1. The van der Waals surface area contributed by atoms with Crippen molar-refractivity contribution in [2.45, 2.75) is 0 Å². The molecule has 4 aromatic rings. The Morgan fingerprint density at radius 2 is 1.16 bits per heavy atom. The maximum Gasteiger partial charge on any atom is 0.0709 e. The van der Waals surface area contributed by atoms with Gasteiger partial charge in [0.05, 0.1) is 11.0 Å². The van der Waals surface area contributed by atoms with Crippen LogP contribution in [-0.4, -0.2) is 9.97 Å². The topological polar surface area (TPSA) is 28.7 Å². The van der Waals surface area contributed by atoms with Crippen LogP contribution in [-0.2, 0) is 0 Å². The summed E-state index contributed by atoms with van der Waals surface area (Å²) in [5, 5.41) is 2.40. The molecule has 0 radical (unpaired) electrons. The zero-order chi connectivity index (χ0) is 12.9. The molecule has 0 atom stereocenters. The molecule has 2 heterocycles. The number of aromatic amines is 1. The van der Waals surface area contributed by atoms with Crippen LogP contribution in [0.3, 0.4) is 0 Å². The lowest BCUT2D eigenvalue weighted by Crippen LogP contribution is -1.80. The van der Waals surface area contributed by atoms with Crippen LogP contribution < -0.4 is 0 Å². The SMILES string of the molecule is c1cc[nH]c1.c1ccc2nc3ccccc3cc2c1. The maximum atomic E-state index is 4.58. The molecule has 0 bridgehead atoms. The van der Waals surface area contributed by atoms with Gasteiger partial charge in [0, 0.05) is 23.2 Å². The van der Waals surface area contributed by atoms with Crippen LogP contribution in [0.15, 0.2) is 79.1 Å². The largest absolute Gasteiger partial charge is 0.368 e. The highest BCUT2D eigenvalue weighted by Gasteiger charge is 1.96. The number of fused-ring (bicyclic) bond motifs is 2. The summed E-state index contributed by atoms with van der Waals surface area (Å²) in [6, 6.07) is 22.5. The van der Waals surface area contributed by atoms with Crippen LogP contribution >= 0.6 is 0 Å². The number of para-hydroxylation sites is 2. The quantitative estimate of drug-likeness (QED) is 0.458. The number of hydrogen-bond acceptors (Lipinski definition) is 1. The first-order valence-corrected chi connectivity index (χ1v) is 6.26. The van der Waals surface area contributed by atoms with Gasteiger partial charge in [-0.1, -0.05) is 36.4 Å². The van der Waals surface area contributed by atoms with Gasteiger partial charge in [0.2, 0.25) is 0 Å². The van der Waals surface area contributed by atoms with E-state index in [-0.39, 0.29) is 0 Å². The molecule has 19 heavy (non-hydrogen) atoms. The van der Waals surface area contributed by atoms with Gasteiger partial charge in [-0.2, -0.15) is 0 Å². The van der Waals surface area contributed by atoms with E-state index in [1.165, 1.54) is 10.8 Å². The van der Waals surface area contributed by atoms with Crippen molar-refractivity contribution in [3.63, 3.8) is 0 Å². The molecular formula is C17H14N2. The average molecular weight is 246 g/mol. The van der Waals surface area contributed by atoms with E-state index in [9.17, 15) is 0 Å². The Kier molecular flexibility index (Phi) is 3.24. The Bertz CT molecular complexity index is 651. The van der Waals surface area contributed by atoms with Gasteiger partial charge in [0.15, 0.2) is 0 Å². The van der Waals surface area contributed by atoms with E-state index in [2.05, 4.69) is 28.2 Å². The first-order chi connectivity index (χ1) is 9.43. The summed E-state index contributed by atoms with van der Waals surface area (Å²) in [5.41, 5.74) is 2.12. The normalized spacial score (nSPS) is 10.1. The number of H-pyrrole nitrogens is 1. The molecule has 0 fully saturated rings. The molecule has 0 unspecified atom stereocenters. The molecular weight excluding hydrogens is 232 g/mol. The van der Waals surface area contributed by atoms with Crippen molar-refractivity contribution in [1.82, 2.24) is 9.97 Å². The molecule has 2 aromatic carbocycles. The van der Waals surface area contributed by atoms with Crippen LogP contribution in [0, 0.1) is 0 Å². The molecule has 0 amide bonds. The van der Waals surface area contributed by atoms with Gasteiger partial charge in [0.25, 0.3) is 0 Å². The smallest absolute Gasteiger partial charge is 0.0709 e. The fourth-order valence-electron chi connectivity index (χ4n) is 2.00. The molecule has 92 valence electrons. The van der Waals surface area contributed by atoms with Gasteiger partial charge < -0.3 is 4.98 Å². The van der Waals surface area contributed by atoms with Crippen molar-refractivity contribution >= 4 is 21.8 Å². The lowest BCUT2D eigenvalue weighted by molar-refractivity contribution is 1.42. The van der Waals surface area contributed by atoms with Crippen molar-refractivity contribution < 1.29 is 0 Å². The fraction of sp³-hybridized carbons (Fsp3) is 0. The summed E-state index contributed by atoms with van der Waals surface area (Å²) >= 11 is 0. The predicted octanol–water partition coefficient (Wildman–Crippen LogP) is 4.40.